The van der Waals surface area contributed by atoms with Crippen molar-refractivity contribution in [2.45, 2.75) is 6.92 Å². The van der Waals surface area contributed by atoms with E-state index >= 15 is 0 Å². The second kappa shape index (κ2) is 5.34. The molecule has 20 heavy (non-hydrogen) atoms. The molecule has 0 saturated heterocycles. The van der Waals surface area contributed by atoms with E-state index in [0.29, 0.717) is 5.56 Å². The first-order chi connectivity index (χ1) is 9.61. The summed E-state index contributed by atoms with van der Waals surface area (Å²) in [5.74, 6) is -0.119. The van der Waals surface area contributed by atoms with Crippen molar-refractivity contribution in [3.63, 3.8) is 0 Å². The Balaban J connectivity index is 1.87. The van der Waals surface area contributed by atoms with E-state index in [4.69, 9.17) is 0 Å². The fraction of sp³-hybridized carbons (Fsp3) is 0.0667. The van der Waals surface area contributed by atoms with Crippen LogP contribution in [0, 0.1) is 6.92 Å². The molecule has 0 aliphatic rings. The number of nitrogens with zero attached hydrogens (tertiary/aromatic N) is 1. The molecule has 0 saturated carbocycles. The van der Waals surface area contributed by atoms with Gasteiger partial charge in [-0.1, -0.05) is 22.0 Å². The van der Waals surface area contributed by atoms with Crippen molar-refractivity contribution in [1.29, 1.82) is 0 Å². The van der Waals surface area contributed by atoms with Crippen LogP contribution in [-0.4, -0.2) is 10.9 Å². The van der Waals surface area contributed by atoms with Crippen LogP contribution in [0.1, 0.15) is 15.4 Å². The number of hydrogen-bond acceptors (Lipinski definition) is 3. The molecule has 0 radical (unpaired) electrons. The summed E-state index contributed by atoms with van der Waals surface area (Å²) in [7, 11) is 0. The molecule has 0 spiro atoms. The van der Waals surface area contributed by atoms with Crippen LogP contribution in [0.5, 0.6) is 0 Å². The molecule has 100 valence electrons. The second-order valence-electron chi connectivity index (χ2n) is 4.38. The number of halogens is 1. The number of aryl methyl sites for hydroxylation is 1. The Hall–Kier alpha value is -1.72. The number of anilines is 1. The highest BCUT2D eigenvalue weighted by Crippen LogP contribution is 2.25. The highest BCUT2D eigenvalue weighted by Gasteiger charge is 2.08. The average molecular weight is 347 g/mol. The first-order valence-corrected chi connectivity index (χ1v) is 7.67. The van der Waals surface area contributed by atoms with Crippen molar-refractivity contribution >= 4 is 49.1 Å². The van der Waals surface area contributed by atoms with Crippen LogP contribution >= 0.6 is 27.3 Å². The summed E-state index contributed by atoms with van der Waals surface area (Å²) in [4.78, 5) is 16.6. The number of fused-ring (bicyclic) bond motifs is 1. The Morgan fingerprint density at radius 1 is 1.25 bits per heavy atom. The summed E-state index contributed by atoms with van der Waals surface area (Å²) in [5, 5.41) is 3.93. The zero-order chi connectivity index (χ0) is 14.1. The third-order valence-corrected chi connectivity index (χ3v) is 4.27. The number of carbonyl (C=O) groups excluding carboxylic acids is 1. The Labute approximate surface area is 128 Å². The minimum Gasteiger partial charge on any atom is -0.322 e. The number of benzene rings is 2. The largest absolute Gasteiger partial charge is 0.322 e. The monoisotopic (exact) mass is 346 g/mol. The van der Waals surface area contributed by atoms with Crippen LogP contribution in [0.3, 0.4) is 0 Å². The maximum atomic E-state index is 12.2. The van der Waals surface area contributed by atoms with Gasteiger partial charge >= 0.3 is 0 Å². The Morgan fingerprint density at radius 3 is 2.90 bits per heavy atom. The minimum atomic E-state index is -0.119. The lowest BCUT2D eigenvalue weighted by Crippen LogP contribution is -2.11. The average Bonchev–Trinajstić information content (AvgIpc) is 2.78. The SMILES string of the molecule is Cc1nc2ccc(NC(=O)c3cccc(Br)c3)cc2s1. The van der Waals surface area contributed by atoms with Gasteiger partial charge in [-0.15, -0.1) is 11.3 Å². The van der Waals surface area contributed by atoms with Gasteiger partial charge < -0.3 is 5.32 Å². The zero-order valence-electron chi connectivity index (χ0n) is 10.7. The highest BCUT2D eigenvalue weighted by atomic mass is 79.9. The van der Waals surface area contributed by atoms with Crippen molar-refractivity contribution in [2.24, 2.45) is 0 Å². The summed E-state index contributed by atoms with van der Waals surface area (Å²) in [6.45, 7) is 1.98. The summed E-state index contributed by atoms with van der Waals surface area (Å²) >= 11 is 4.99. The van der Waals surface area contributed by atoms with Crippen molar-refractivity contribution in [1.82, 2.24) is 4.98 Å². The Bertz CT molecular complexity index is 797. The standard InChI is InChI=1S/C15H11BrN2OS/c1-9-17-13-6-5-12(8-14(13)20-9)18-15(19)10-3-2-4-11(16)7-10/h2-8H,1H3,(H,18,19). The summed E-state index contributed by atoms with van der Waals surface area (Å²) in [5.41, 5.74) is 2.37. The van der Waals surface area contributed by atoms with Gasteiger partial charge in [-0.05, 0) is 43.3 Å². The molecule has 3 aromatic rings. The van der Waals surface area contributed by atoms with Crippen LogP contribution in [0.4, 0.5) is 5.69 Å². The predicted molar refractivity (Wildman–Crippen MR) is 86.5 cm³/mol. The normalized spacial score (nSPS) is 10.7. The quantitative estimate of drug-likeness (QED) is 0.735. The van der Waals surface area contributed by atoms with Gasteiger partial charge in [0.1, 0.15) is 0 Å². The van der Waals surface area contributed by atoms with E-state index in [9.17, 15) is 4.79 Å². The van der Waals surface area contributed by atoms with E-state index in [-0.39, 0.29) is 5.91 Å². The van der Waals surface area contributed by atoms with Crippen LogP contribution < -0.4 is 5.32 Å². The lowest BCUT2D eigenvalue weighted by molar-refractivity contribution is 0.102. The molecule has 1 aromatic heterocycles. The Kier molecular flexibility index (Phi) is 3.54. The minimum absolute atomic E-state index is 0.119. The third-order valence-electron chi connectivity index (χ3n) is 2.84. The number of amides is 1. The molecule has 3 rings (SSSR count). The van der Waals surface area contributed by atoms with Gasteiger partial charge in [0, 0.05) is 15.7 Å². The van der Waals surface area contributed by atoms with Gasteiger partial charge in [-0.25, -0.2) is 4.98 Å². The molecule has 1 amide bonds. The van der Waals surface area contributed by atoms with E-state index in [1.54, 1.807) is 23.5 Å². The van der Waals surface area contributed by atoms with Gasteiger partial charge in [0.2, 0.25) is 0 Å². The van der Waals surface area contributed by atoms with Gasteiger partial charge in [0.15, 0.2) is 0 Å². The number of carbonyl (C=O) groups is 1. The molecule has 0 aliphatic heterocycles. The number of aromatic nitrogens is 1. The molecular weight excluding hydrogens is 336 g/mol. The fourth-order valence-corrected chi connectivity index (χ4v) is 3.22. The molecule has 3 nitrogen and oxygen atoms in total. The molecular formula is C15H11BrN2OS. The number of thiazole rings is 1. The van der Waals surface area contributed by atoms with Crippen LogP contribution in [-0.2, 0) is 0 Å². The van der Waals surface area contributed by atoms with Gasteiger partial charge in [0.05, 0.1) is 15.2 Å². The number of hydrogen-bond donors (Lipinski definition) is 1. The lowest BCUT2D eigenvalue weighted by atomic mass is 10.2. The topological polar surface area (TPSA) is 42.0 Å². The molecule has 0 aliphatic carbocycles. The van der Waals surface area contributed by atoms with Crippen molar-refractivity contribution in [3.8, 4) is 0 Å². The van der Waals surface area contributed by atoms with Crippen molar-refractivity contribution < 1.29 is 4.79 Å². The van der Waals surface area contributed by atoms with Gasteiger partial charge in [-0.3, -0.25) is 4.79 Å². The molecule has 0 unspecified atom stereocenters. The van der Waals surface area contributed by atoms with E-state index < -0.39 is 0 Å². The molecule has 0 fully saturated rings. The maximum absolute atomic E-state index is 12.2. The van der Waals surface area contributed by atoms with Crippen LogP contribution in [0.25, 0.3) is 10.2 Å². The number of nitrogens with one attached hydrogen (secondary N) is 1. The second-order valence-corrected chi connectivity index (χ2v) is 6.53. The zero-order valence-corrected chi connectivity index (χ0v) is 13.1. The van der Waals surface area contributed by atoms with Gasteiger partial charge in [0.25, 0.3) is 5.91 Å². The van der Waals surface area contributed by atoms with Crippen molar-refractivity contribution in [3.05, 3.63) is 57.5 Å². The van der Waals surface area contributed by atoms with E-state index in [1.165, 1.54) is 0 Å². The molecule has 1 N–H and O–H groups in total. The van der Waals surface area contributed by atoms with E-state index in [2.05, 4.69) is 26.2 Å². The molecule has 2 aromatic carbocycles. The van der Waals surface area contributed by atoms with Crippen LogP contribution in [0.15, 0.2) is 46.9 Å². The summed E-state index contributed by atoms with van der Waals surface area (Å²) in [6, 6.07) is 13.1. The predicted octanol–water partition coefficient (Wildman–Crippen LogP) is 4.62. The van der Waals surface area contributed by atoms with Gasteiger partial charge in [-0.2, -0.15) is 0 Å². The highest BCUT2D eigenvalue weighted by molar-refractivity contribution is 9.10. The fourth-order valence-electron chi connectivity index (χ4n) is 1.95. The van der Waals surface area contributed by atoms with E-state index in [0.717, 1.165) is 25.4 Å². The van der Waals surface area contributed by atoms with Crippen molar-refractivity contribution in [2.75, 3.05) is 5.32 Å². The smallest absolute Gasteiger partial charge is 0.255 e. The molecule has 5 heteroatoms. The Morgan fingerprint density at radius 2 is 2.10 bits per heavy atom. The summed E-state index contributed by atoms with van der Waals surface area (Å²) in [6.07, 6.45) is 0. The van der Waals surface area contributed by atoms with E-state index in [1.807, 2.05) is 37.3 Å². The first-order valence-electron chi connectivity index (χ1n) is 6.06. The van der Waals surface area contributed by atoms with Crippen LogP contribution in [0.2, 0.25) is 0 Å². The maximum Gasteiger partial charge on any atom is 0.255 e. The molecule has 0 atom stereocenters. The number of rotatable bonds is 2. The molecule has 0 bridgehead atoms. The summed E-state index contributed by atoms with van der Waals surface area (Å²) < 4.78 is 1.97. The lowest BCUT2D eigenvalue weighted by Gasteiger charge is -2.05. The third kappa shape index (κ3) is 2.73. The first kappa shape index (κ1) is 13.3. The molecule has 1 heterocycles.